The van der Waals surface area contributed by atoms with Crippen LogP contribution in [0.2, 0.25) is 0 Å². The van der Waals surface area contributed by atoms with Crippen LogP contribution in [0.3, 0.4) is 0 Å². The fraction of sp³-hybridized carbons (Fsp3) is 0.111. The summed E-state index contributed by atoms with van der Waals surface area (Å²) in [6.45, 7) is 0.339. The molecule has 1 amide bonds. The topological polar surface area (TPSA) is 68.5 Å². The van der Waals surface area contributed by atoms with Crippen molar-refractivity contribution in [2.45, 2.75) is 6.54 Å². The van der Waals surface area contributed by atoms with E-state index in [1.54, 1.807) is 25.3 Å². The molecule has 0 saturated heterocycles. The predicted molar refractivity (Wildman–Crippen MR) is 94.3 cm³/mol. The van der Waals surface area contributed by atoms with Crippen molar-refractivity contribution in [2.75, 3.05) is 7.11 Å². The number of fused-ring (bicyclic) bond motifs is 1. The summed E-state index contributed by atoms with van der Waals surface area (Å²) in [6.07, 6.45) is 0. The molecule has 6 heteroatoms. The molecule has 1 aromatic heterocycles. The molecule has 0 saturated carbocycles. The zero-order chi connectivity index (χ0) is 17.1. The van der Waals surface area contributed by atoms with Gasteiger partial charge in [-0.05, 0) is 47.3 Å². The number of nitrogens with one attached hydrogen (secondary N) is 1. The SMILES string of the molecule is COc1ccc2c(=O)oc(C(=O)NCc3ccc(Br)cc3)cc2c1. The minimum absolute atomic E-state index is 0.0298. The van der Waals surface area contributed by atoms with Crippen LogP contribution in [0.4, 0.5) is 0 Å². The van der Waals surface area contributed by atoms with Gasteiger partial charge < -0.3 is 14.5 Å². The van der Waals surface area contributed by atoms with Crippen LogP contribution in [0.15, 0.2) is 62.2 Å². The number of rotatable bonds is 4. The number of ether oxygens (including phenoxy) is 1. The monoisotopic (exact) mass is 387 g/mol. The highest BCUT2D eigenvalue weighted by molar-refractivity contribution is 9.10. The predicted octanol–water partition coefficient (Wildman–Crippen LogP) is 3.49. The van der Waals surface area contributed by atoms with Gasteiger partial charge >= 0.3 is 5.63 Å². The molecule has 0 bridgehead atoms. The van der Waals surface area contributed by atoms with Gasteiger partial charge in [0.1, 0.15) is 5.75 Å². The molecule has 3 aromatic rings. The average Bonchev–Trinajstić information content (AvgIpc) is 2.60. The van der Waals surface area contributed by atoms with Crippen LogP contribution in [0.25, 0.3) is 10.8 Å². The van der Waals surface area contributed by atoms with Crippen molar-refractivity contribution in [3.05, 3.63) is 74.7 Å². The van der Waals surface area contributed by atoms with Crippen LogP contribution in [-0.4, -0.2) is 13.0 Å². The molecule has 5 nitrogen and oxygen atoms in total. The van der Waals surface area contributed by atoms with Crippen molar-refractivity contribution in [1.29, 1.82) is 0 Å². The summed E-state index contributed by atoms with van der Waals surface area (Å²) in [5.41, 5.74) is 0.389. The zero-order valence-electron chi connectivity index (χ0n) is 12.8. The number of benzene rings is 2. The van der Waals surface area contributed by atoms with Gasteiger partial charge in [0, 0.05) is 11.0 Å². The van der Waals surface area contributed by atoms with Gasteiger partial charge in [0.15, 0.2) is 5.76 Å². The Balaban J connectivity index is 1.83. The Morgan fingerprint density at radius 1 is 1.17 bits per heavy atom. The summed E-state index contributed by atoms with van der Waals surface area (Å²) in [5.74, 6) is 0.131. The third-order valence-corrected chi connectivity index (χ3v) is 4.09. The third-order valence-electron chi connectivity index (χ3n) is 3.56. The van der Waals surface area contributed by atoms with Crippen molar-refractivity contribution >= 4 is 32.6 Å². The smallest absolute Gasteiger partial charge is 0.344 e. The van der Waals surface area contributed by atoms with Gasteiger partial charge in [-0.15, -0.1) is 0 Å². The zero-order valence-corrected chi connectivity index (χ0v) is 14.4. The van der Waals surface area contributed by atoms with Crippen molar-refractivity contribution in [3.8, 4) is 5.75 Å². The van der Waals surface area contributed by atoms with Gasteiger partial charge in [-0.1, -0.05) is 28.1 Å². The van der Waals surface area contributed by atoms with E-state index in [4.69, 9.17) is 9.15 Å². The maximum atomic E-state index is 12.3. The van der Waals surface area contributed by atoms with Gasteiger partial charge in [-0.2, -0.15) is 0 Å². The van der Waals surface area contributed by atoms with Crippen molar-refractivity contribution < 1.29 is 13.9 Å². The van der Waals surface area contributed by atoms with Crippen LogP contribution in [0, 0.1) is 0 Å². The second kappa shape index (κ2) is 6.88. The summed E-state index contributed by atoms with van der Waals surface area (Å²) in [5, 5.41) is 3.74. The van der Waals surface area contributed by atoms with Gasteiger partial charge in [-0.3, -0.25) is 4.79 Å². The molecule has 24 heavy (non-hydrogen) atoms. The summed E-state index contributed by atoms with van der Waals surface area (Å²) in [7, 11) is 1.54. The summed E-state index contributed by atoms with van der Waals surface area (Å²) < 4.78 is 11.2. The molecule has 3 rings (SSSR count). The van der Waals surface area contributed by atoms with Crippen molar-refractivity contribution in [2.24, 2.45) is 0 Å². The van der Waals surface area contributed by atoms with Crippen LogP contribution in [0.5, 0.6) is 5.75 Å². The van der Waals surface area contributed by atoms with Crippen molar-refractivity contribution in [3.63, 3.8) is 0 Å². The Morgan fingerprint density at radius 2 is 1.92 bits per heavy atom. The van der Waals surface area contributed by atoms with E-state index < -0.39 is 11.5 Å². The molecule has 0 aliphatic rings. The van der Waals surface area contributed by atoms with Crippen LogP contribution in [0.1, 0.15) is 16.1 Å². The maximum Gasteiger partial charge on any atom is 0.344 e. The molecule has 0 aliphatic carbocycles. The standard InChI is InChI=1S/C18H14BrNO4/c1-23-14-6-7-15-12(8-14)9-16(24-18(15)22)17(21)20-10-11-2-4-13(19)5-3-11/h2-9H,10H2,1H3,(H,20,21). The van der Waals surface area contributed by atoms with Crippen LogP contribution in [-0.2, 0) is 6.54 Å². The second-order valence-electron chi connectivity index (χ2n) is 5.16. The van der Waals surface area contributed by atoms with E-state index in [1.807, 2.05) is 24.3 Å². The molecule has 122 valence electrons. The van der Waals surface area contributed by atoms with Gasteiger partial charge in [0.25, 0.3) is 5.91 Å². The van der Waals surface area contributed by atoms with E-state index in [1.165, 1.54) is 6.07 Å². The highest BCUT2D eigenvalue weighted by Gasteiger charge is 2.12. The first-order chi connectivity index (χ1) is 11.6. The van der Waals surface area contributed by atoms with E-state index in [2.05, 4.69) is 21.2 Å². The quantitative estimate of drug-likeness (QED) is 0.743. The number of halogens is 1. The summed E-state index contributed by atoms with van der Waals surface area (Å²) in [4.78, 5) is 24.3. The first-order valence-electron chi connectivity index (χ1n) is 7.21. The lowest BCUT2D eigenvalue weighted by Crippen LogP contribution is -2.24. The molecule has 0 fully saturated rings. The van der Waals surface area contributed by atoms with Gasteiger partial charge in [0.2, 0.25) is 0 Å². The van der Waals surface area contributed by atoms with E-state index in [-0.39, 0.29) is 5.76 Å². The lowest BCUT2D eigenvalue weighted by molar-refractivity contribution is 0.0919. The number of hydrogen-bond acceptors (Lipinski definition) is 4. The van der Waals surface area contributed by atoms with E-state index in [9.17, 15) is 9.59 Å². The van der Waals surface area contributed by atoms with E-state index >= 15 is 0 Å². The number of hydrogen-bond donors (Lipinski definition) is 1. The summed E-state index contributed by atoms with van der Waals surface area (Å²) in [6, 6.07) is 14.1. The summed E-state index contributed by atoms with van der Waals surface area (Å²) >= 11 is 3.36. The Kier molecular flexibility index (Phi) is 4.66. The minimum Gasteiger partial charge on any atom is -0.497 e. The molecule has 0 spiro atoms. The highest BCUT2D eigenvalue weighted by Crippen LogP contribution is 2.19. The van der Waals surface area contributed by atoms with Gasteiger partial charge in [0.05, 0.1) is 12.5 Å². The average molecular weight is 388 g/mol. The molecule has 0 aliphatic heterocycles. The Hall–Kier alpha value is -2.60. The van der Waals surface area contributed by atoms with E-state index in [0.29, 0.717) is 23.1 Å². The maximum absolute atomic E-state index is 12.3. The lowest BCUT2D eigenvalue weighted by atomic mass is 10.1. The Morgan fingerprint density at radius 3 is 2.62 bits per heavy atom. The first-order valence-corrected chi connectivity index (χ1v) is 8.00. The third kappa shape index (κ3) is 3.49. The van der Waals surface area contributed by atoms with Crippen LogP contribution >= 0.6 is 15.9 Å². The minimum atomic E-state index is -0.552. The largest absolute Gasteiger partial charge is 0.497 e. The number of carbonyl (C=O) groups excluding carboxylic acids is 1. The lowest BCUT2D eigenvalue weighted by Gasteiger charge is -2.06. The Bertz CT molecular complexity index is 947. The molecule has 0 unspecified atom stereocenters. The molecule has 1 N–H and O–H groups in total. The van der Waals surface area contributed by atoms with E-state index in [0.717, 1.165) is 10.0 Å². The molecule has 2 aromatic carbocycles. The molecule has 1 heterocycles. The fourth-order valence-corrected chi connectivity index (χ4v) is 2.55. The highest BCUT2D eigenvalue weighted by atomic mass is 79.9. The van der Waals surface area contributed by atoms with Crippen molar-refractivity contribution in [1.82, 2.24) is 5.32 Å². The molecular formula is C18H14BrNO4. The molecule has 0 atom stereocenters. The number of carbonyl (C=O) groups is 1. The number of methoxy groups -OCH3 is 1. The van der Waals surface area contributed by atoms with Gasteiger partial charge in [-0.25, -0.2) is 4.79 Å². The van der Waals surface area contributed by atoms with Crippen LogP contribution < -0.4 is 15.7 Å². The Labute approximate surface area is 146 Å². The normalized spacial score (nSPS) is 10.6. The second-order valence-corrected chi connectivity index (χ2v) is 6.08. The molecular weight excluding hydrogens is 374 g/mol. The first kappa shape index (κ1) is 16.3. The fourth-order valence-electron chi connectivity index (χ4n) is 2.28. The molecule has 0 radical (unpaired) electrons. The number of amides is 1.